The van der Waals surface area contributed by atoms with Gasteiger partial charge in [0.05, 0.1) is 5.02 Å². The van der Waals surface area contributed by atoms with Crippen molar-refractivity contribution >= 4 is 11.6 Å². The summed E-state index contributed by atoms with van der Waals surface area (Å²) in [4.78, 5) is 4.12. The van der Waals surface area contributed by atoms with E-state index in [1.807, 2.05) is 0 Å². The summed E-state index contributed by atoms with van der Waals surface area (Å²) in [6.07, 6.45) is 1.31. The van der Waals surface area contributed by atoms with Gasteiger partial charge in [-0.1, -0.05) is 28.9 Å². The van der Waals surface area contributed by atoms with Crippen LogP contribution in [0.3, 0.4) is 0 Å². The van der Waals surface area contributed by atoms with Gasteiger partial charge in [0.15, 0.2) is 5.82 Å². The topological polar surface area (TPSA) is 59.2 Å². The average molecular weight is 271 g/mol. The van der Waals surface area contributed by atoms with E-state index in [0.717, 1.165) is 0 Å². The molecule has 0 amide bonds. The highest BCUT2D eigenvalue weighted by atomic mass is 35.5. The van der Waals surface area contributed by atoms with Crippen molar-refractivity contribution in [3.63, 3.8) is 0 Å². The van der Waals surface area contributed by atoms with Crippen LogP contribution in [0.2, 0.25) is 5.02 Å². The van der Waals surface area contributed by atoms with E-state index in [0.29, 0.717) is 30.1 Å². The second-order valence-corrected chi connectivity index (χ2v) is 4.23. The van der Waals surface area contributed by atoms with Gasteiger partial charge in [-0.15, -0.1) is 0 Å². The number of hydrogen-bond acceptors (Lipinski definition) is 4. The molecule has 0 saturated heterocycles. The van der Waals surface area contributed by atoms with E-state index in [1.54, 1.807) is 12.1 Å². The molecule has 0 saturated carbocycles. The van der Waals surface area contributed by atoms with Gasteiger partial charge in [0.1, 0.15) is 5.82 Å². The van der Waals surface area contributed by atoms with E-state index >= 15 is 0 Å². The van der Waals surface area contributed by atoms with Crippen LogP contribution >= 0.6 is 11.6 Å². The van der Waals surface area contributed by atoms with Crippen LogP contribution in [-0.4, -0.2) is 21.9 Å². The number of aryl methyl sites for hydroxylation is 1. The van der Waals surface area contributed by atoms with Crippen LogP contribution in [0.4, 0.5) is 4.39 Å². The minimum atomic E-state index is -0.458. The Hall–Kier alpha value is -1.46. The molecule has 0 bridgehead atoms. The molecule has 1 aromatic carbocycles. The standard InChI is InChI=1S/C12H12ClFN2O2/c13-9-4-1-3-8(12(9)14)7-10-15-11(18-16-10)5-2-6-17/h1,3-4,17H,2,5-7H2. The lowest BCUT2D eigenvalue weighted by atomic mass is 10.1. The summed E-state index contributed by atoms with van der Waals surface area (Å²) in [5, 5.41) is 12.5. The molecule has 2 rings (SSSR count). The van der Waals surface area contributed by atoms with E-state index in [1.165, 1.54) is 6.07 Å². The smallest absolute Gasteiger partial charge is 0.226 e. The predicted molar refractivity (Wildman–Crippen MR) is 63.9 cm³/mol. The van der Waals surface area contributed by atoms with E-state index < -0.39 is 5.82 Å². The number of aromatic nitrogens is 2. The largest absolute Gasteiger partial charge is 0.396 e. The van der Waals surface area contributed by atoms with Crippen LogP contribution in [0.25, 0.3) is 0 Å². The molecule has 0 aliphatic rings. The van der Waals surface area contributed by atoms with E-state index in [-0.39, 0.29) is 18.1 Å². The summed E-state index contributed by atoms with van der Waals surface area (Å²) < 4.78 is 18.6. The van der Waals surface area contributed by atoms with Crippen LogP contribution in [0.5, 0.6) is 0 Å². The fourth-order valence-corrected chi connectivity index (χ4v) is 1.74. The quantitative estimate of drug-likeness (QED) is 0.906. The molecule has 18 heavy (non-hydrogen) atoms. The van der Waals surface area contributed by atoms with Gasteiger partial charge in [-0.2, -0.15) is 4.98 Å². The second-order valence-electron chi connectivity index (χ2n) is 3.82. The van der Waals surface area contributed by atoms with Crippen molar-refractivity contribution < 1.29 is 14.0 Å². The summed E-state index contributed by atoms with van der Waals surface area (Å²) in [6, 6.07) is 4.79. The van der Waals surface area contributed by atoms with Gasteiger partial charge in [-0.05, 0) is 18.1 Å². The molecule has 0 unspecified atom stereocenters. The first-order chi connectivity index (χ1) is 8.70. The number of benzene rings is 1. The highest BCUT2D eigenvalue weighted by Gasteiger charge is 2.11. The van der Waals surface area contributed by atoms with Crippen LogP contribution in [-0.2, 0) is 12.8 Å². The molecule has 96 valence electrons. The zero-order valence-corrected chi connectivity index (χ0v) is 10.3. The molecule has 1 heterocycles. The SMILES string of the molecule is OCCCc1nc(Cc2cccc(Cl)c2F)no1. The van der Waals surface area contributed by atoms with Gasteiger partial charge in [-0.3, -0.25) is 0 Å². The molecule has 6 heteroatoms. The second kappa shape index (κ2) is 5.93. The highest BCUT2D eigenvalue weighted by molar-refractivity contribution is 6.30. The number of hydrogen-bond donors (Lipinski definition) is 1. The Morgan fingerprint density at radius 1 is 1.39 bits per heavy atom. The minimum absolute atomic E-state index is 0.0701. The fourth-order valence-electron chi connectivity index (χ4n) is 1.55. The maximum absolute atomic E-state index is 13.6. The summed E-state index contributed by atoms with van der Waals surface area (Å²) in [6.45, 7) is 0.0701. The van der Waals surface area contributed by atoms with Gasteiger partial charge in [0.25, 0.3) is 0 Å². The van der Waals surface area contributed by atoms with Gasteiger partial charge < -0.3 is 9.63 Å². The highest BCUT2D eigenvalue weighted by Crippen LogP contribution is 2.19. The molecular formula is C12H12ClFN2O2. The number of aliphatic hydroxyl groups is 1. The Morgan fingerprint density at radius 3 is 3.00 bits per heavy atom. The molecule has 0 aliphatic heterocycles. The Labute approximate surface area is 108 Å². The molecule has 0 fully saturated rings. The molecule has 0 spiro atoms. The number of aliphatic hydroxyl groups excluding tert-OH is 1. The molecule has 0 aliphatic carbocycles. The van der Waals surface area contributed by atoms with Crippen LogP contribution in [0.15, 0.2) is 22.7 Å². The zero-order chi connectivity index (χ0) is 13.0. The molecule has 1 N–H and O–H groups in total. The van der Waals surface area contributed by atoms with Crippen molar-refractivity contribution in [2.75, 3.05) is 6.61 Å². The van der Waals surface area contributed by atoms with Gasteiger partial charge in [-0.25, -0.2) is 4.39 Å². The molecule has 0 radical (unpaired) electrons. The van der Waals surface area contributed by atoms with Crippen molar-refractivity contribution in [3.05, 3.63) is 46.3 Å². The van der Waals surface area contributed by atoms with Crippen molar-refractivity contribution in [2.24, 2.45) is 0 Å². The number of halogens is 2. The number of nitrogens with zero attached hydrogens (tertiary/aromatic N) is 2. The first kappa shape index (κ1) is 13.0. The maximum Gasteiger partial charge on any atom is 0.226 e. The summed E-state index contributed by atoms with van der Waals surface area (Å²) >= 11 is 5.69. The Morgan fingerprint density at radius 2 is 2.22 bits per heavy atom. The molecule has 4 nitrogen and oxygen atoms in total. The lowest BCUT2D eigenvalue weighted by molar-refractivity contribution is 0.278. The first-order valence-electron chi connectivity index (χ1n) is 5.56. The van der Waals surface area contributed by atoms with Crippen LogP contribution < -0.4 is 0 Å². The molecule has 0 atom stereocenters. The van der Waals surface area contributed by atoms with E-state index in [9.17, 15) is 4.39 Å². The fraction of sp³-hybridized carbons (Fsp3) is 0.333. The summed E-state index contributed by atoms with van der Waals surface area (Å²) in [7, 11) is 0. The van der Waals surface area contributed by atoms with Crippen LogP contribution in [0, 0.1) is 5.82 Å². The predicted octanol–water partition coefficient (Wildman–Crippen LogP) is 2.38. The van der Waals surface area contributed by atoms with Crippen molar-refractivity contribution in [2.45, 2.75) is 19.3 Å². The Bertz CT molecular complexity index is 531. The third-order valence-electron chi connectivity index (χ3n) is 2.44. The molecule has 2 aromatic rings. The zero-order valence-electron chi connectivity index (χ0n) is 9.57. The normalized spacial score (nSPS) is 10.8. The third-order valence-corrected chi connectivity index (χ3v) is 2.73. The minimum Gasteiger partial charge on any atom is -0.396 e. The van der Waals surface area contributed by atoms with Crippen molar-refractivity contribution in [1.82, 2.24) is 10.1 Å². The number of rotatable bonds is 5. The Kier molecular flexibility index (Phi) is 4.28. The van der Waals surface area contributed by atoms with Crippen molar-refractivity contribution in [3.8, 4) is 0 Å². The first-order valence-corrected chi connectivity index (χ1v) is 5.93. The third kappa shape index (κ3) is 3.05. The molecule has 1 aromatic heterocycles. The Balaban J connectivity index is 2.09. The summed E-state index contributed by atoms with van der Waals surface area (Å²) in [5.74, 6) is 0.395. The maximum atomic E-state index is 13.6. The van der Waals surface area contributed by atoms with Gasteiger partial charge >= 0.3 is 0 Å². The van der Waals surface area contributed by atoms with E-state index in [2.05, 4.69) is 10.1 Å². The summed E-state index contributed by atoms with van der Waals surface area (Å²) in [5.41, 5.74) is 0.428. The van der Waals surface area contributed by atoms with Gasteiger partial charge in [0.2, 0.25) is 5.89 Å². The van der Waals surface area contributed by atoms with E-state index in [4.69, 9.17) is 21.2 Å². The monoisotopic (exact) mass is 270 g/mol. The van der Waals surface area contributed by atoms with Gasteiger partial charge in [0, 0.05) is 19.4 Å². The average Bonchev–Trinajstić information content (AvgIpc) is 2.80. The lowest BCUT2D eigenvalue weighted by Gasteiger charge is -2.00. The van der Waals surface area contributed by atoms with Crippen molar-refractivity contribution in [1.29, 1.82) is 0 Å². The molecular weight excluding hydrogens is 259 g/mol. The van der Waals surface area contributed by atoms with Crippen LogP contribution in [0.1, 0.15) is 23.7 Å². The lowest BCUT2D eigenvalue weighted by Crippen LogP contribution is -1.96.